The lowest BCUT2D eigenvalue weighted by atomic mass is 9.99. The summed E-state index contributed by atoms with van der Waals surface area (Å²) in [6, 6.07) is 10.2. The Balaban J connectivity index is 1.71. The van der Waals surface area contributed by atoms with E-state index in [1.54, 1.807) is 11.3 Å². The van der Waals surface area contributed by atoms with Gasteiger partial charge in [-0.05, 0) is 32.9 Å². The maximum Gasteiger partial charge on any atom is 0.143 e. The summed E-state index contributed by atoms with van der Waals surface area (Å²) in [7, 11) is 0. The average Bonchev–Trinajstić information content (AvgIpc) is 3.23. The number of thiazole rings is 1. The molecular formula is C18H19N3OS. The van der Waals surface area contributed by atoms with Crippen molar-refractivity contribution in [3.63, 3.8) is 0 Å². The second kappa shape index (κ2) is 6.26. The lowest BCUT2D eigenvalue weighted by molar-refractivity contribution is 0.400. The Bertz CT molecular complexity index is 788. The summed E-state index contributed by atoms with van der Waals surface area (Å²) in [6.45, 7) is 4.13. The first kappa shape index (κ1) is 14.6. The number of aromatic nitrogens is 2. The van der Waals surface area contributed by atoms with Gasteiger partial charge in [0.05, 0.1) is 16.3 Å². The molecule has 3 aromatic rings. The van der Waals surface area contributed by atoms with Gasteiger partial charge in [0.15, 0.2) is 0 Å². The number of aryl methyl sites for hydroxylation is 1. The van der Waals surface area contributed by atoms with Crippen LogP contribution in [0.2, 0.25) is 0 Å². The molecule has 23 heavy (non-hydrogen) atoms. The van der Waals surface area contributed by atoms with Crippen LogP contribution in [0.4, 0.5) is 0 Å². The maximum absolute atomic E-state index is 5.46. The van der Waals surface area contributed by atoms with Crippen molar-refractivity contribution in [2.75, 3.05) is 13.1 Å². The van der Waals surface area contributed by atoms with Crippen molar-refractivity contribution in [3.05, 3.63) is 46.5 Å². The van der Waals surface area contributed by atoms with Gasteiger partial charge in [-0.15, -0.1) is 11.3 Å². The third-order valence-corrected chi connectivity index (χ3v) is 5.38. The van der Waals surface area contributed by atoms with Crippen LogP contribution in [0, 0.1) is 6.92 Å². The zero-order chi connectivity index (χ0) is 15.6. The molecular weight excluding hydrogens is 306 g/mol. The molecule has 0 aliphatic carbocycles. The second-order valence-electron chi connectivity index (χ2n) is 5.92. The molecule has 0 unspecified atom stereocenters. The number of hydrogen-bond acceptors (Lipinski definition) is 5. The first-order chi connectivity index (χ1) is 11.3. The van der Waals surface area contributed by atoms with Crippen molar-refractivity contribution in [1.29, 1.82) is 0 Å². The number of hydrogen-bond donors (Lipinski definition) is 1. The summed E-state index contributed by atoms with van der Waals surface area (Å²) in [6.07, 6.45) is 2.34. The predicted molar refractivity (Wildman–Crippen MR) is 92.6 cm³/mol. The lowest BCUT2D eigenvalue weighted by Crippen LogP contribution is -2.26. The van der Waals surface area contributed by atoms with Crippen LogP contribution in [0.3, 0.4) is 0 Å². The van der Waals surface area contributed by atoms with Gasteiger partial charge in [-0.25, -0.2) is 4.98 Å². The van der Waals surface area contributed by atoms with Crippen molar-refractivity contribution < 1.29 is 4.52 Å². The van der Waals surface area contributed by atoms with E-state index in [0.717, 1.165) is 41.4 Å². The Labute approximate surface area is 139 Å². The SMILES string of the molecule is Cc1onc(-c2ccccc2)c1-c1csc(C2CCNCC2)n1. The topological polar surface area (TPSA) is 51.0 Å². The molecule has 118 valence electrons. The molecule has 0 amide bonds. The third-order valence-electron chi connectivity index (χ3n) is 4.38. The highest BCUT2D eigenvalue weighted by atomic mass is 32.1. The van der Waals surface area contributed by atoms with Crippen molar-refractivity contribution in [3.8, 4) is 22.5 Å². The third kappa shape index (κ3) is 2.82. The van der Waals surface area contributed by atoms with Gasteiger partial charge in [0.1, 0.15) is 11.5 Å². The van der Waals surface area contributed by atoms with Crippen LogP contribution in [0.1, 0.15) is 29.5 Å². The Hall–Kier alpha value is -1.98. The van der Waals surface area contributed by atoms with Crippen LogP contribution in [0.5, 0.6) is 0 Å². The van der Waals surface area contributed by atoms with Crippen LogP contribution >= 0.6 is 11.3 Å². The minimum absolute atomic E-state index is 0.579. The summed E-state index contributed by atoms with van der Waals surface area (Å²) < 4.78 is 5.46. The van der Waals surface area contributed by atoms with Crippen LogP contribution in [0.15, 0.2) is 40.2 Å². The fraction of sp³-hybridized carbons (Fsp3) is 0.333. The summed E-state index contributed by atoms with van der Waals surface area (Å²) in [4.78, 5) is 4.91. The molecule has 0 radical (unpaired) electrons. The monoisotopic (exact) mass is 325 g/mol. The van der Waals surface area contributed by atoms with E-state index in [-0.39, 0.29) is 0 Å². The van der Waals surface area contributed by atoms with E-state index in [2.05, 4.69) is 28.0 Å². The fourth-order valence-corrected chi connectivity index (χ4v) is 4.11. The highest BCUT2D eigenvalue weighted by molar-refractivity contribution is 7.10. The standard InChI is InChI=1S/C18H19N3OS/c1-12-16(17(21-22-12)13-5-3-2-4-6-13)15-11-23-18(20-15)14-7-9-19-10-8-14/h2-6,11,14,19H,7-10H2,1H3. The number of rotatable bonds is 3. The van der Waals surface area contributed by atoms with Gasteiger partial charge in [-0.3, -0.25) is 0 Å². The largest absolute Gasteiger partial charge is 0.360 e. The smallest absolute Gasteiger partial charge is 0.143 e. The van der Waals surface area contributed by atoms with Crippen molar-refractivity contribution >= 4 is 11.3 Å². The molecule has 1 aromatic carbocycles. The lowest BCUT2D eigenvalue weighted by Gasteiger charge is -2.20. The zero-order valence-corrected chi connectivity index (χ0v) is 13.9. The summed E-state index contributed by atoms with van der Waals surface area (Å²) >= 11 is 1.76. The normalized spacial score (nSPS) is 15.9. The Morgan fingerprint density at radius 2 is 1.96 bits per heavy atom. The number of piperidine rings is 1. The van der Waals surface area contributed by atoms with Crippen LogP contribution in [0.25, 0.3) is 22.5 Å². The zero-order valence-electron chi connectivity index (χ0n) is 13.1. The van der Waals surface area contributed by atoms with E-state index in [1.807, 2.05) is 25.1 Å². The fourth-order valence-electron chi connectivity index (χ4n) is 3.13. The second-order valence-corrected chi connectivity index (χ2v) is 6.81. The summed E-state index contributed by atoms with van der Waals surface area (Å²) in [5.41, 5.74) is 3.95. The molecule has 0 bridgehead atoms. The molecule has 1 fully saturated rings. The van der Waals surface area contributed by atoms with Gasteiger partial charge >= 0.3 is 0 Å². The van der Waals surface area contributed by atoms with E-state index in [9.17, 15) is 0 Å². The van der Waals surface area contributed by atoms with Gasteiger partial charge in [0, 0.05) is 16.9 Å². The molecule has 0 atom stereocenters. The molecule has 4 nitrogen and oxygen atoms in total. The molecule has 1 N–H and O–H groups in total. The van der Waals surface area contributed by atoms with E-state index >= 15 is 0 Å². The minimum atomic E-state index is 0.579. The first-order valence-electron chi connectivity index (χ1n) is 8.01. The quantitative estimate of drug-likeness (QED) is 0.782. The van der Waals surface area contributed by atoms with E-state index in [4.69, 9.17) is 9.51 Å². The maximum atomic E-state index is 5.46. The average molecular weight is 325 g/mol. The van der Waals surface area contributed by atoms with Gasteiger partial charge in [0.25, 0.3) is 0 Å². The highest BCUT2D eigenvalue weighted by Crippen LogP contribution is 2.37. The van der Waals surface area contributed by atoms with Crippen LogP contribution < -0.4 is 5.32 Å². The van der Waals surface area contributed by atoms with Gasteiger partial charge < -0.3 is 9.84 Å². The van der Waals surface area contributed by atoms with Crippen molar-refractivity contribution in [1.82, 2.24) is 15.5 Å². The van der Waals surface area contributed by atoms with Gasteiger partial charge in [-0.1, -0.05) is 35.5 Å². The van der Waals surface area contributed by atoms with E-state index < -0.39 is 0 Å². The molecule has 0 saturated carbocycles. The molecule has 4 rings (SSSR count). The highest BCUT2D eigenvalue weighted by Gasteiger charge is 2.22. The molecule has 1 saturated heterocycles. The van der Waals surface area contributed by atoms with Crippen molar-refractivity contribution in [2.45, 2.75) is 25.7 Å². The van der Waals surface area contributed by atoms with Crippen molar-refractivity contribution in [2.24, 2.45) is 0 Å². The van der Waals surface area contributed by atoms with Crippen LogP contribution in [-0.2, 0) is 0 Å². The Morgan fingerprint density at radius 1 is 1.17 bits per heavy atom. The molecule has 1 aliphatic heterocycles. The molecule has 5 heteroatoms. The van der Waals surface area contributed by atoms with E-state index in [0.29, 0.717) is 5.92 Å². The Morgan fingerprint density at radius 3 is 2.74 bits per heavy atom. The predicted octanol–water partition coefficient (Wildman–Crippen LogP) is 4.24. The summed E-state index contributed by atoms with van der Waals surface area (Å²) in [5, 5.41) is 11.1. The Kier molecular flexibility index (Phi) is 3.97. The van der Waals surface area contributed by atoms with E-state index in [1.165, 1.54) is 17.8 Å². The number of benzene rings is 1. The summed E-state index contributed by atoms with van der Waals surface area (Å²) in [5.74, 6) is 1.40. The number of nitrogens with zero attached hydrogens (tertiary/aromatic N) is 2. The minimum Gasteiger partial charge on any atom is -0.360 e. The van der Waals surface area contributed by atoms with Gasteiger partial charge in [0.2, 0.25) is 0 Å². The molecule has 0 spiro atoms. The number of nitrogens with one attached hydrogen (secondary N) is 1. The first-order valence-corrected chi connectivity index (χ1v) is 8.89. The van der Waals surface area contributed by atoms with Crippen LogP contribution in [-0.4, -0.2) is 23.2 Å². The molecule has 2 aromatic heterocycles. The van der Waals surface area contributed by atoms with Gasteiger partial charge in [-0.2, -0.15) is 0 Å². The molecule has 1 aliphatic rings. The molecule has 3 heterocycles.